The molecule has 10 heteroatoms. The van der Waals surface area contributed by atoms with Crippen molar-refractivity contribution in [1.29, 1.82) is 0 Å². The van der Waals surface area contributed by atoms with E-state index in [9.17, 15) is 18.8 Å². The molecule has 0 unspecified atom stereocenters. The number of halogens is 1. The Labute approximate surface area is 154 Å². The van der Waals surface area contributed by atoms with E-state index < -0.39 is 24.1 Å². The van der Waals surface area contributed by atoms with Crippen LogP contribution in [-0.2, 0) is 14.3 Å². The highest BCUT2D eigenvalue weighted by Gasteiger charge is 2.42. The summed E-state index contributed by atoms with van der Waals surface area (Å²) in [6, 6.07) is 4.38. The van der Waals surface area contributed by atoms with E-state index in [-0.39, 0.29) is 31.1 Å². The Balaban J connectivity index is 1.44. The molecule has 3 aliphatic rings. The number of nitrogens with one attached hydrogen (secondary N) is 2. The first-order valence-electron chi connectivity index (χ1n) is 8.65. The number of cyclic esters (lactones) is 1. The van der Waals surface area contributed by atoms with Crippen LogP contribution in [0.2, 0.25) is 0 Å². The van der Waals surface area contributed by atoms with Gasteiger partial charge in [0.1, 0.15) is 18.0 Å². The summed E-state index contributed by atoms with van der Waals surface area (Å²) < 4.78 is 25.0. The van der Waals surface area contributed by atoms with Gasteiger partial charge in [0, 0.05) is 13.5 Å². The Hall–Kier alpha value is -3.04. The summed E-state index contributed by atoms with van der Waals surface area (Å²) >= 11 is 0. The van der Waals surface area contributed by atoms with E-state index in [1.54, 1.807) is 17.0 Å². The second-order valence-corrected chi connectivity index (χ2v) is 6.79. The molecule has 27 heavy (non-hydrogen) atoms. The number of ether oxygens (including phenoxy) is 2. The smallest absolute Gasteiger partial charge is 0.414 e. The molecular weight excluding hydrogens is 359 g/mol. The molecule has 0 radical (unpaired) electrons. The maximum atomic E-state index is 14.7. The summed E-state index contributed by atoms with van der Waals surface area (Å²) in [5.74, 6) is -0.688. The van der Waals surface area contributed by atoms with Crippen LogP contribution >= 0.6 is 0 Å². The molecule has 144 valence electrons. The molecule has 0 spiro atoms. The standard InChI is InChI=1S/C17H19FN4O5/c1-9(23)19-5-11-6-22(17(25)26-11)10-2-3-14(12(18)4-10)21-7-13-15(8-21)27-16(24)20-13/h2-4,11,13,15H,5-8H2,1H3,(H,19,23)(H,20,24)/t11-,13+,15-/m0/s1. The second-order valence-electron chi connectivity index (χ2n) is 6.79. The molecular formula is C17H19FN4O5. The highest BCUT2D eigenvalue weighted by molar-refractivity contribution is 5.90. The van der Waals surface area contributed by atoms with Crippen LogP contribution in [0.5, 0.6) is 0 Å². The van der Waals surface area contributed by atoms with Crippen LogP contribution < -0.4 is 20.4 Å². The number of anilines is 2. The van der Waals surface area contributed by atoms with Crippen LogP contribution in [0.3, 0.4) is 0 Å². The van der Waals surface area contributed by atoms with Crippen LogP contribution in [0.15, 0.2) is 18.2 Å². The lowest BCUT2D eigenvalue weighted by atomic mass is 10.2. The quantitative estimate of drug-likeness (QED) is 0.795. The Morgan fingerprint density at radius 1 is 1.30 bits per heavy atom. The Morgan fingerprint density at radius 3 is 2.81 bits per heavy atom. The second kappa shape index (κ2) is 6.60. The number of rotatable bonds is 4. The third kappa shape index (κ3) is 3.34. The number of hydrogen-bond acceptors (Lipinski definition) is 6. The molecule has 0 bridgehead atoms. The molecule has 0 saturated carbocycles. The molecule has 1 aromatic rings. The fourth-order valence-electron chi connectivity index (χ4n) is 3.57. The van der Waals surface area contributed by atoms with Gasteiger partial charge in [-0.15, -0.1) is 0 Å². The van der Waals surface area contributed by atoms with Crippen LogP contribution in [0.4, 0.5) is 25.4 Å². The number of nitrogens with zero attached hydrogens (tertiary/aromatic N) is 2. The van der Waals surface area contributed by atoms with Gasteiger partial charge in [-0.25, -0.2) is 14.0 Å². The molecule has 9 nitrogen and oxygen atoms in total. The lowest BCUT2D eigenvalue weighted by Crippen LogP contribution is -2.33. The monoisotopic (exact) mass is 378 g/mol. The normalized spacial score (nSPS) is 26.5. The van der Waals surface area contributed by atoms with E-state index in [0.29, 0.717) is 24.5 Å². The van der Waals surface area contributed by atoms with Crippen LogP contribution in [0.25, 0.3) is 0 Å². The minimum absolute atomic E-state index is 0.153. The van der Waals surface area contributed by atoms with Gasteiger partial charge in [0.15, 0.2) is 0 Å². The molecule has 1 aromatic carbocycles. The zero-order valence-electron chi connectivity index (χ0n) is 14.6. The van der Waals surface area contributed by atoms with Crippen molar-refractivity contribution < 1.29 is 28.2 Å². The van der Waals surface area contributed by atoms with Gasteiger partial charge in [0.05, 0.1) is 37.1 Å². The molecule has 0 aromatic heterocycles. The molecule has 3 fully saturated rings. The summed E-state index contributed by atoms with van der Waals surface area (Å²) in [5.41, 5.74) is 0.767. The van der Waals surface area contributed by atoms with Gasteiger partial charge in [-0.3, -0.25) is 9.69 Å². The number of alkyl carbamates (subject to hydrolysis) is 1. The minimum Gasteiger partial charge on any atom is -0.442 e. The third-order valence-corrected chi connectivity index (χ3v) is 4.86. The van der Waals surface area contributed by atoms with Crippen molar-refractivity contribution in [3.8, 4) is 0 Å². The molecule has 2 N–H and O–H groups in total. The molecule has 3 atom stereocenters. The maximum Gasteiger partial charge on any atom is 0.414 e. The van der Waals surface area contributed by atoms with Gasteiger partial charge in [-0.1, -0.05) is 0 Å². The summed E-state index contributed by atoms with van der Waals surface area (Å²) in [7, 11) is 0. The number of fused-ring (bicyclic) bond motifs is 1. The van der Waals surface area contributed by atoms with Gasteiger partial charge >= 0.3 is 12.2 Å². The van der Waals surface area contributed by atoms with Crippen molar-refractivity contribution in [1.82, 2.24) is 10.6 Å². The first kappa shape index (κ1) is 17.4. The summed E-state index contributed by atoms with van der Waals surface area (Å²) in [4.78, 5) is 37.4. The molecule has 3 heterocycles. The Bertz CT molecular complexity index is 788. The fourth-order valence-corrected chi connectivity index (χ4v) is 3.57. The van der Waals surface area contributed by atoms with Crippen molar-refractivity contribution in [2.75, 3.05) is 36.0 Å². The predicted octanol–water partition coefficient (Wildman–Crippen LogP) is 0.584. The molecule has 3 aliphatic heterocycles. The van der Waals surface area contributed by atoms with Gasteiger partial charge < -0.3 is 25.0 Å². The van der Waals surface area contributed by atoms with E-state index >= 15 is 0 Å². The zero-order chi connectivity index (χ0) is 19.1. The Morgan fingerprint density at radius 2 is 2.11 bits per heavy atom. The average Bonchev–Trinajstić information content (AvgIpc) is 3.25. The summed E-state index contributed by atoms with van der Waals surface area (Å²) in [6.07, 6.45) is -1.80. The fraction of sp³-hybridized carbons (Fsp3) is 0.471. The third-order valence-electron chi connectivity index (χ3n) is 4.86. The lowest BCUT2D eigenvalue weighted by Gasteiger charge is -2.21. The molecule has 3 amide bonds. The molecule has 4 rings (SSSR count). The number of amides is 3. The number of carbonyl (C=O) groups is 3. The zero-order valence-corrected chi connectivity index (χ0v) is 14.6. The average molecular weight is 378 g/mol. The van der Waals surface area contributed by atoms with Gasteiger partial charge in [0.2, 0.25) is 5.91 Å². The largest absolute Gasteiger partial charge is 0.442 e. The first-order chi connectivity index (χ1) is 12.9. The SMILES string of the molecule is CC(=O)NC[C@H]1CN(c2ccc(N3C[C@@H]4OC(=O)N[C@@H]4C3)c(F)c2)C(=O)O1. The van der Waals surface area contributed by atoms with Gasteiger partial charge in [-0.2, -0.15) is 0 Å². The maximum absolute atomic E-state index is 14.7. The molecule has 0 aliphatic carbocycles. The predicted molar refractivity (Wildman–Crippen MR) is 92.1 cm³/mol. The van der Waals surface area contributed by atoms with Crippen LogP contribution in [0, 0.1) is 5.82 Å². The van der Waals surface area contributed by atoms with Crippen molar-refractivity contribution in [2.24, 2.45) is 0 Å². The number of hydrogen-bond donors (Lipinski definition) is 2. The van der Waals surface area contributed by atoms with Crippen molar-refractivity contribution in [3.05, 3.63) is 24.0 Å². The topological polar surface area (TPSA) is 100 Å². The highest BCUT2D eigenvalue weighted by Crippen LogP contribution is 2.31. The Kier molecular flexibility index (Phi) is 4.25. The van der Waals surface area contributed by atoms with Gasteiger partial charge in [0.25, 0.3) is 0 Å². The van der Waals surface area contributed by atoms with E-state index in [2.05, 4.69) is 10.6 Å². The van der Waals surface area contributed by atoms with E-state index in [4.69, 9.17) is 9.47 Å². The van der Waals surface area contributed by atoms with Crippen LogP contribution in [-0.4, -0.2) is 62.5 Å². The number of carbonyl (C=O) groups excluding carboxylic acids is 3. The molecule has 3 saturated heterocycles. The number of benzene rings is 1. The highest BCUT2D eigenvalue weighted by atomic mass is 19.1. The van der Waals surface area contributed by atoms with Crippen molar-refractivity contribution >= 4 is 29.5 Å². The summed E-state index contributed by atoms with van der Waals surface area (Å²) in [5, 5.41) is 5.29. The summed E-state index contributed by atoms with van der Waals surface area (Å²) in [6.45, 7) is 2.68. The van der Waals surface area contributed by atoms with Gasteiger partial charge in [-0.05, 0) is 18.2 Å². The van der Waals surface area contributed by atoms with Crippen LogP contribution in [0.1, 0.15) is 6.92 Å². The minimum atomic E-state index is -0.579. The lowest BCUT2D eigenvalue weighted by molar-refractivity contribution is -0.119. The van der Waals surface area contributed by atoms with Crippen molar-refractivity contribution in [3.63, 3.8) is 0 Å². The van der Waals surface area contributed by atoms with E-state index in [1.807, 2.05) is 0 Å². The first-order valence-corrected chi connectivity index (χ1v) is 8.65. The van der Waals surface area contributed by atoms with E-state index in [0.717, 1.165) is 0 Å². The van der Waals surface area contributed by atoms with E-state index in [1.165, 1.54) is 17.9 Å². The van der Waals surface area contributed by atoms with Crippen molar-refractivity contribution in [2.45, 2.75) is 25.2 Å².